The predicted octanol–water partition coefficient (Wildman–Crippen LogP) is 5.14. The molecular formula is C22H26N4O. The van der Waals surface area contributed by atoms with Gasteiger partial charge >= 0.3 is 0 Å². The summed E-state index contributed by atoms with van der Waals surface area (Å²) in [7, 11) is 0. The summed E-state index contributed by atoms with van der Waals surface area (Å²) in [5, 5.41) is 7.60. The standard InChI is InChI=1S/C22H26N4O/c1-16-14-17(11-13-23-16)6-3-2-4-12-24-20-8-5-7-19(15-20)22-25-21(26-27-22)18-9-10-18/h5,7-8,11,13-15,18,24H,2-4,6,9-10,12H2,1H3. The van der Waals surface area contributed by atoms with E-state index in [-0.39, 0.29) is 0 Å². The average molecular weight is 362 g/mol. The molecule has 2 aromatic heterocycles. The SMILES string of the molecule is Cc1cc(CCCCCNc2cccc(-c3nc(C4CC4)no3)c2)ccn1. The molecule has 140 valence electrons. The van der Waals surface area contributed by atoms with Crippen LogP contribution < -0.4 is 5.32 Å². The van der Waals surface area contributed by atoms with E-state index in [4.69, 9.17) is 4.52 Å². The molecule has 0 atom stereocenters. The van der Waals surface area contributed by atoms with Crippen LogP contribution in [0.4, 0.5) is 5.69 Å². The van der Waals surface area contributed by atoms with Crippen molar-refractivity contribution in [1.82, 2.24) is 15.1 Å². The van der Waals surface area contributed by atoms with Gasteiger partial charge in [-0.05, 0) is 74.9 Å². The molecule has 5 nitrogen and oxygen atoms in total. The summed E-state index contributed by atoms with van der Waals surface area (Å²) in [6, 6.07) is 12.5. The number of rotatable bonds is 9. The van der Waals surface area contributed by atoms with Gasteiger partial charge in [0.1, 0.15) is 0 Å². The zero-order valence-electron chi connectivity index (χ0n) is 15.8. The van der Waals surface area contributed by atoms with Crippen LogP contribution in [0.3, 0.4) is 0 Å². The summed E-state index contributed by atoms with van der Waals surface area (Å²) in [6.45, 7) is 3.01. The van der Waals surface area contributed by atoms with Crippen LogP contribution in [-0.4, -0.2) is 21.7 Å². The van der Waals surface area contributed by atoms with E-state index in [1.807, 2.05) is 25.3 Å². The zero-order valence-corrected chi connectivity index (χ0v) is 15.8. The van der Waals surface area contributed by atoms with Crippen LogP contribution in [0.25, 0.3) is 11.5 Å². The zero-order chi connectivity index (χ0) is 18.5. The third-order valence-electron chi connectivity index (χ3n) is 4.93. The van der Waals surface area contributed by atoms with Crippen molar-refractivity contribution in [2.24, 2.45) is 0 Å². The van der Waals surface area contributed by atoms with Crippen LogP contribution in [0.2, 0.25) is 0 Å². The van der Waals surface area contributed by atoms with Crippen LogP contribution in [0, 0.1) is 6.92 Å². The Morgan fingerprint density at radius 2 is 2.04 bits per heavy atom. The van der Waals surface area contributed by atoms with E-state index in [1.54, 1.807) is 0 Å². The van der Waals surface area contributed by atoms with Gasteiger partial charge in [0, 0.05) is 35.6 Å². The molecule has 0 bridgehead atoms. The van der Waals surface area contributed by atoms with E-state index in [1.165, 1.54) is 31.2 Å². The number of hydrogen-bond acceptors (Lipinski definition) is 5. The predicted molar refractivity (Wildman–Crippen MR) is 107 cm³/mol. The largest absolute Gasteiger partial charge is 0.385 e. The van der Waals surface area contributed by atoms with Crippen molar-refractivity contribution < 1.29 is 4.52 Å². The molecule has 1 aromatic carbocycles. The Balaban J connectivity index is 1.21. The van der Waals surface area contributed by atoms with E-state index in [2.05, 4.69) is 44.7 Å². The minimum atomic E-state index is 0.514. The molecule has 1 N–H and O–H groups in total. The second-order valence-corrected chi connectivity index (χ2v) is 7.36. The molecule has 2 heterocycles. The highest BCUT2D eigenvalue weighted by Gasteiger charge is 2.28. The lowest BCUT2D eigenvalue weighted by Gasteiger charge is -2.07. The van der Waals surface area contributed by atoms with Gasteiger partial charge in [0.15, 0.2) is 5.82 Å². The summed E-state index contributed by atoms with van der Waals surface area (Å²) in [6.07, 6.45) is 8.96. The van der Waals surface area contributed by atoms with Gasteiger partial charge in [0.2, 0.25) is 0 Å². The number of aromatic nitrogens is 3. The lowest BCUT2D eigenvalue weighted by molar-refractivity contribution is 0.422. The lowest BCUT2D eigenvalue weighted by Crippen LogP contribution is -2.01. The van der Waals surface area contributed by atoms with E-state index < -0.39 is 0 Å². The lowest BCUT2D eigenvalue weighted by atomic mass is 10.1. The number of unbranched alkanes of at least 4 members (excludes halogenated alkanes) is 2. The van der Waals surface area contributed by atoms with Gasteiger partial charge in [-0.1, -0.05) is 17.6 Å². The van der Waals surface area contributed by atoms with E-state index in [0.29, 0.717) is 11.8 Å². The maximum atomic E-state index is 5.42. The highest BCUT2D eigenvalue weighted by Crippen LogP contribution is 2.39. The first-order valence-electron chi connectivity index (χ1n) is 9.87. The van der Waals surface area contributed by atoms with Crippen molar-refractivity contribution in [2.75, 3.05) is 11.9 Å². The number of benzene rings is 1. The Hall–Kier alpha value is -2.69. The Labute approximate surface area is 160 Å². The van der Waals surface area contributed by atoms with Crippen molar-refractivity contribution in [3.63, 3.8) is 0 Å². The minimum Gasteiger partial charge on any atom is -0.385 e. The van der Waals surface area contributed by atoms with Crippen LogP contribution in [0.15, 0.2) is 47.1 Å². The monoisotopic (exact) mass is 362 g/mol. The van der Waals surface area contributed by atoms with Crippen LogP contribution in [-0.2, 0) is 6.42 Å². The summed E-state index contributed by atoms with van der Waals surface area (Å²) in [5.74, 6) is 1.99. The van der Waals surface area contributed by atoms with Crippen molar-refractivity contribution in [3.8, 4) is 11.5 Å². The molecule has 1 aliphatic rings. The molecule has 0 spiro atoms. The smallest absolute Gasteiger partial charge is 0.258 e. The van der Waals surface area contributed by atoms with E-state index >= 15 is 0 Å². The molecule has 0 saturated heterocycles. The van der Waals surface area contributed by atoms with Gasteiger partial charge in [-0.25, -0.2) is 0 Å². The molecular weight excluding hydrogens is 336 g/mol. The number of nitrogens with one attached hydrogen (secondary N) is 1. The number of nitrogens with zero attached hydrogens (tertiary/aromatic N) is 3. The van der Waals surface area contributed by atoms with Crippen molar-refractivity contribution in [3.05, 3.63) is 59.7 Å². The normalized spacial score (nSPS) is 13.7. The first-order valence-corrected chi connectivity index (χ1v) is 9.87. The first-order chi connectivity index (χ1) is 13.3. The highest BCUT2D eigenvalue weighted by atomic mass is 16.5. The fraction of sp³-hybridized carbons (Fsp3) is 0.409. The molecule has 0 unspecified atom stereocenters. The Morgan fingerprint density at radius 1 is 1.11 bits per heavy atom. The highest BCUT2D eigenvalue weighted by molar-refractivity contribution is 5.61. The molecule has 27 heavy (non-hydrogen) atoms. The van der Waals surface area contributed by atoms with Gasteiger partial charge in [-0.2, -0.15) is 4.98 Å². The van der Waals surface area contributed by atoms with Gasteiger partial charge in [-0.3, -0.25) is 4.98 Å². The molecule has 0 aliphatic heterocycles. The number of hydrogen-bond donors (Lipinski definition) is 1. The first kappa shape index (κ1) is 17.7. The maximum absolute atomic E-state index is 5.42. The Kier molecular flexibility index (Phi) is 5.47. The minimum absolute atomic E-state index is 0.514. The molecule has 1 saturated carbocycles. The number of anilines is 1. The fourth-order valence-electron chi connectivity index (χ4n) is 3.25. The number of pyridine rings is 1. The van der Waals surface area contributed by atoms with Gasteiger partial charge in [0.25, 0.3) is 5.89 Å². The molecule has 1 fully saturated rings. The Bertz CT molecular complexity index is 885. The quantitative estimate of drug-likeness (QED) is 0.534. The topological polar surface area (TPSA) is 63.8 Å². The summed E-state index contributed by atoms with van der Waals surface area (Å²) < 4.78 is 5.42. The third kappa shape index (κ3) is 4.94. The van der Waals surface area contributed by atoms with Gasteiger partial charge in [-0.15, -0.1) is 0 Å². The van der Waals surface area contributed by atoms with Crippen molar-refractivity contribution >= 4 is 5.69 Å². The summed E-state index contributed by atoms with van der Waals surface area (Å²) in [5.41, 5.74) is 4.56. The summed E-state index contributed by atoms with van der Waals surface area (Å²) in [4.78, 5) is 8.78. The number of aryl methyl sites for hydroxylation is 2. The Morgan fingerprint density at radius 3 is 2.89 bits per heavy atom. The fourth-order valence-corrected chi connectivity index (χ4v) is 3.25. The van der Waals surface area contributed by atoms with Crippen LogP contribution in [0.1, 0.15) is 55.1 Å². The molecule has 3 aromatic rings. The molecule has 1 aliphatic carbocycles. The van der Waals surface area contributed by atoms with Crippen molar-refractivity contribution in [2.45, 2.75) is 51.4 Å². The average Bonchev–Trinajstić information content (AvgIpc) is 3.41. The van der Waals surface area contributed by atoms with Gasteiger partial charge in [0.05, 0.1) is 0 Å². The van der Waals surface area contributed by atoms with E-state index in [9.17, 15) is 0 Å². The maximum Gasteiger partial charge on any atom is 0.258 e. The van der Waals surface area contributed by atoms with Crippen molar-refractivity contribution in [1.29, 1.82) is 0 Å². The second kappa shape index (κ2) is 8.33. The third-order valence-corrected chi connectivity index (χ3v) is 4.93. The van der Waals surface area contributed by atoms with Crippen LogP contribution in [0.5, 0.6) is 0 Å². The summed E-state index contributed by atoms with van der Waals surface area (Å²) >= 11 is 0. The molecule has 4 rings (SSSR count). The van der Waals surface area contributed by atoms with Crippen LogP contribution >= 0.6 is 0 Å². The molecule has 0 amide bonds. The second-order valence-electron chi connectivity index (χ2n) is 7.36. The molecule has 0 radical (unpaired) electrons. The van der Waals surface area contributed by atoms with Gasteiger partial charge < -0.3 is 9.84 Å². The molecule has 5 heteroatoms. The van der Waals surface area contributed by atoms with E-state index in [0.717, 1.165) is 42.2 Å².